The number of carbonyl (C=O) groups is 1. The zero-order valence-electron chi connectivity index (χ0n) is 17.0. The molecule has 0 saturated carbocycles. The molecule has 2 fully saturated rings. The molecule has 2 saturated heterocycles. The van der Waals surface area contributed by atoms with E-state index >= 15 is 0 Å². The summed E-state index contributed by atoms with van der Waals surface area (Å²) in [6.45, 7) is 10.4. The van der Waals surface area contributed by atoms with E-state index in [1.165, 1.54) is 5.56 Å². The molecule has 0 bridgehead atoms. The van der Waals surface area contributed by atoms with Crippen molar-refractivity contribution in [1.29, 1.82) is 5.26 Å². The topological polar surface area (TPSA) is 68.2 Å². The van der Waals surface area contributed by atoms with Gasteiger partial charge in [0.2, 0.25) is 0 Å². The Labute approximate surface area is 163 Å². The highest BCUT2D eigenvalue weighted by Gasteiger charge is 2.38. The van der Waals surface area contributed by atoms with Crippen molar-refractivity contribution in [3.05, 3.63) is 35.4 Å². The lowest BCUT2D eigenvalue weighted by Crippen LogP contribution is -2.63. The van der Waals surface area contributed by atoms with E-state index in [0.29, 0.717) is 11.5 Å². The highest BCUT2D eigenvalue weighted by atomic mass is 16.2. The maximum Gasteiger partial charge on any atom is 0.317 e. The summed E-state index contributed by atoms with van der Waals surface area (Å²) in [5.74, 6) is 0.471. The van der Waals surface area contributed by atoms with Gasteiger partial charge in [0.1, 0.15) is 0 Å². The molecule has 0 spiro atoms. The number of urea groups is 1. The lowest BCUT2D eigenvalue weighted by Gasteiger charge is -2.47. The van der Waals surface area contributed by atoms with Crippen LogP contribution < -0.4 is 10.6 Å². The first kappa shape index (κ1) is 19.7. The molecule has 1 aromatic rings. The normalized spacial score (nSPS) is 22.9. The Balaban J connectivity index is 1.53. The van der Waals surface area contributed by atoms with Crippen molar-refractivity contribution in [1.82, 2.24) is 15.5 Å². The molecule has 1 aromatic carbocycles. The molecule has 0 atom stereocenters. The predicted octanol–water partition coefficient (Wildman–Crippen LogP) is 3.76. The van der Waals surface area contributed by atoms with Gasteiger partial charge in [0, 0.05) is 30.2 Å². The Kier molecular flexibility index (Phi) is 5.48. The van der Waals surface area contributed by atoms with Gasteiger partial charge in [-0.2, -0.15) is 5.26 Å². The standard InChI is InChI=1S/C22H32N4O/c1-21(2)13-19(14-22(3,4)25-21)24-20(27)26-11-9-18(10-12-26)17-7-5-16(15-23)6-8-17/h5-8,18-19,25H,9-14H2,1-4H3,(H,24,27). The van der Waals surface area contributed by atoms with Crippen molar-refractivity contribution in [3.63, 3.8) is 0 Å². The first-order chi connectivity index (χ1) is 12.7. The van der Waals surface area contributed by atoms with Crippen molar-refractivity contribution in [2.24, 2.45) is 0 Å². The Morgan fingerprint density at radius 1 is 1.11 bits per heavy atom. The maximum absolute atomic E-state index is 12.8. The van der Waals surface area contributed by atoms with E-state index in [2.05, 4.69) is 56.5 Å². The van der Waals surface area contributed by atoms with Gasteiger partial charge in [-0.15, -0.1) is 0 Å². The molecule has 27 heavy (non-hydrogen) atoms. The zero-order chi connectivity index (χ0) is 19.7. The van der Waals surface area contributed by atoms with Gasteiger partial charge >= 0.3 is 6.03 Å². The van der Waals surface area contributed by atoms with Crippen LogP contribution >= 0.6 is 0 Å². The highest BCUT2D eigenvalue weighted by molar-refractivity contribution is 5.74. The largest absolute Gasteiger partial charge is 0.335 e. The molecule has 5 heteroatoms. The number of nitrogens with zero attached hydrogens (tertiary/aromatic N) is 2. The van der Waals surface area contributed by atoms with Crippen LogP contribution in [0.25, 0.3) is 0 Å². The fourth-order valence-electron chi connectivity index (χ4n) is 4.94. The molecule has 0 unspecified atom stereocenters. The second kappa shape index (κ2) is 7.52. The van der Waals surface area contributed by atoms with Gasteiger partial charge in [0.05, 0.1) is 11.6 Å². The second-order valence-electron chi connectivity index (χ2n) is 9.44. The molecule has 5 nitrogen and oxygen atoms in total. The SMILES string of the molecule is CC1(C)CC(NC(=O)N2CCC(c3ccc(C#N)cc3)CC2)CC(C)(C)N1. The Hall–Kier alpha value is -2.06. The number of hydrogen-bond donors (Lipinski definition) is 2. The van der Waals surface area contributed by atoms with E-state index in [0.717, 1.165) is 38.8 Å². The summed E-state index contributed by atoms with van der Waals surface area (Å²) in [5, 5.41) is 15.9. The number of hydrogen-bond acceptors (Lipinski definition) is 3. The van der Waals surface area contributed by atoms with Crippen LogP contribution in [0.1, 0.15) is 70.4 Å². The van der Waals surface area contributed by atoms with Crippen LogP contribution in [0.3, 0.4) is 0 Å². The van der Waals surface area contributed by atoms with E-state index in [1.807, 2.05) is 17.0 Å². The number of nitriles is 1. The van der Waals surface area contributed by atoms with Crippen molar-refractivity contribution in [2.75, 3.05) is 13.1 Å². The third kappa shape index (κ3) is 5.01. The summed E-state index contributed by atoms with van der Waals surface area (Å²) in [4.78, 5) is 14.7. The summed E-state index contributed by atoms with van der Waals surface area (Å²) in [6.07, 6.45) is 3.85. The van der Waals surface area contributed by atoms with Crippen LogP contribution in [0.15, 0.2) is 24.3 Å². The molecule has 2 amide bonds. The first-order valence-electron chi connectivity index (χ1n) is 10.0. The number of carbonyl (C=O) groups excluding carboxylic acids is 1. The minimum Gasteiger partial charge on any atom is -0.335 e. The van der Waals surface area contributed by atoms with E-state index in [-0.39, 0.29) is 23.2 Å². The smallest absolute Gasteiger partial charge is 0.317 e. The fraction of sp³-hybridized carbons (Fsp3) is 0.636. The van der Waals surface area contributed by atoms with Crippen LogP contribution in [0.2, 0.25) is 0 Å². The number of piperidine rings is 2. The Morgan fingerprint density at radius 2 is 1.67 bits per heavy atom. The monoisotopic (exact) mass is 368 g/mol. The van der Waals surface area contributed by atoms with Gasteiger partial charge in [-0.05, 0) is 77.0 Å². The summed E-state index contributed by atoms with van der Waals surface area (Å²) in [7, 11) is 0. The van der Waals surface area contributed by atoms with E-state index in [9.17, 15) is 4.79 Å². The van der Waals surface area contributed by atoms with Gasteiger partial charge in [0.15, 0.2) is 0 Å². The predicted molar refractivity (Wildman–Crippen MR) is 108 cm³/mol. The quantitative estimate of drug-likeness (QED) is 0.835. The average molecular weight is 369 g/mol. The van der Waals surface area contributed by atoms with Gasteiger partial charge in [-0.3, -0.25) is 0 Å². The summed E-state index contributed by atoms with van der Waals surface area (Å²) in [6, 6.07) is 10.3. The van der Waals surface area contributed by atoms with Crippen molar-refractivity contribution in [2.45, 2.75) is 76.4 Å². The van der Waals surface area contributed by atoms with Gasteiger partial charge < -0.3 is 15.5 Å². The second-order valence-corrected chi connectivity index (χ2v) is 9.44. The number of likely N-dealkylation sites (tertiary alicyclic amines) is 1. The van der Waals surface area contributed by atoms with E-state index < -0.39 is 0 Å². The maximum atomic E-state index is 12.8. The van der Waals surface area contributed by atoms with Crippen LogP contribution in [-0.2, 0) is 0 Å². The number of benzene rings is 1. The molecule has 146 valence electrons. The van der Waals surface area contributed by atoms with Gasteiger partial charge in [0.25, 0.3) is 0 Å². The van der Waals surface area contributed by atoms with Crippen LogP contribution in [-0.4, -0.2) is 41.1 Å². The highest BCUT2D eigenvalue weighted by Crippen LogP contribution is 2.30. The zero-order valence-corrected chi connectivity index (χ0v) is 17.0. The average Bonchev–Trinajstić information content (AvgIpc) is 2.59. The summed E-state index contributed by atoms with van der Waals surface area (Å²) >= 11 is 0. The van der Waals surface area contributed by atoms with Crippen molar-refractivity contribution < 1.29 is 4.79 Å². The third-order valence-corrected chi connectivity index (χ3v) is 5.81. The number of nitrogens with one attached hydrogen (secondary N) is 2. The van der Waals surface area contributed by atoms with Crippen molar-refractivity contribution >= 4 is 6.03 Å². The molecule has 2 aliphatic rings. The number of amides is 2. The number of rotatable bonds is 2. The van der Waals surface area contributed by atoms with Crippen LogP contribution in [0.4, 0.5) is 4.79 Å². The lowest BCUT2D eigenvalue weighted by molar-refractivity contribution is 0.134. The summed E-state index contributed by atoms with van der Waals surface area (Å²) < 4.78 is 0. The lowest BCUT2D eigenvalue weighted by atomic mass is 9.79. The van der Waals surface area contributed by atoms with Crippen LogP contribution in [0.5, 0.6) is 0 Å². The molecular weight excluding hydrogens is 336 g/mol. The molecule has 2 heterocycles. The van der Waals surface area contributed by atoms with Gasteiger partial charge in [-0.25, -0.2) is 4.79 Å². The minimum atomic E-state index is 0.0300. The van der Waals surface area contributed by atoms with E-state index in [4.69, 9.17) is 5.26 Å². The van der Waals surface area contributed by atoms with Crippen LogP contribution in [0, 0.1) is 11.3 Å². The molecule has 0 aliphatic carbocycles. The molecule has 3 rings (SSSR count). The molecule has 2 aliphatic heterocycles. The molecule has 0 radical (unpaired) electrons. The Morgan fingerprint density at radius 3 is 2.19 bits per heavy atom. The third-order valence-electron chi connectivity index (χ3n) is 5.81. The first-order valence-corrected chi connectivity index (χ1v) is 10.0. The van der Waals surface area contributed by atoms with Crippen molar-refractivity contribution in [3.8, 4) is 6.07 Å². The Bertz CT molecular complexity index is 693. The molecule has 2 N–H and O–H groups in total. The molecular formula is C22H32N4O. The summed E-state index contributed by atoms with van der Waals surface area (Å²) in [5.41, 5.74) is 2.03. The molecule has 0 aromatic heterocycles. The fourth-order valence-corrected chi connectivity index (χ4v) is 4.94. The van der Waals surface area contributed by atoms with E-state index in [1.54, 1.807) is 0 Å². The minimum absolute atomic E-state index is 0.0300. The van der Waals surface area contributed by atoms with Gasteiger partial charge in [-0.1, -0.05) is 12.1 Å².